The Hall–Kier alpha value is -2.75. The zero-order valence-electron chi connectivity index (χ0n) is 18.0. The Balaban J connectivity index is 1.70. The van der Waals surface area contributed by atoms with Gasteiger partial charge in [0.05, 0.1) is 5.56 Å². The van der Waals surface area contributed by atoms with E-state index in [4.69, 9.17) is 4.74 Å². The van der Waals surface area contributed by atoms with Crippen molar-refractivity contribution in [3.8, 4) is 28.0 Å². The highest BCUT2D eigenvalue weighted by Crippen LogP contribution is 2.49. The van der Waals surface area contributed by atoms with Gasteiger partial charge in [-0.2, -0.15) is 8.78 Å². The van der Waals surface area contributed by atoms with E-state index in [2.05, 4.69) is 13.8 Å². The number of benzene rings is 3. The number of hydrogen-bond acceptors (Lipinski definition) is 1. The molecule has 0 atom stereocenters. The lowest BCUT2D eigenvalue weighted by Gasteiger charge is -2.29. The molecule has 0 spiro atoms. The van der Waals surface area contributed by atoms with E-state index in [-0.39, 0.29) is 11.3 Å². The highest BCUT2D eigenvalue weighted by molar-refractivity contribution is 5.80. The van der Waals surface area contributed by atoms with E-state index >= 15 is 4.39 Å². The lowest BCUT2D eigenvalue weighted by atomic mass is 9.90. The quantitative estimate of drug-likeness (QED) is 0.347. The molecular weight excluding hydrogens is 397 g/mol. The van der Waals surface area contributed by atoms with Crippen molar-refractivity contribution in [1.29, 1.82) is 0 Å². The maximum Gasteiger partial charge on any atom is 0.427 e. The average molecular weight is 425 g/mol. The van der Waals surface area contributed by atoms with Gasteiger partial charge >= 0.3 is 6.11 Å². The third-order valence-electron chi connectivity index (χ3n) is 6.03. The van der Waals surface area contributed by atoms with E-state index in [0.29, 0.717) is 28.7 Å². The minimum Gasteiger partial charge on any atom is -0.425 e. The Bertz CT molecular complexity index is 1070. The second kappa shape index (κ2) is 8.78. The van der Waals surface area contributed by atoms with Crippen LogP contribution in [0.4, 0.5) is 13.2 Å². The van der Waals surface area contributed by atoms with E-state index in [1.807, 2.05) is 30.3 Å². The second-order valence-electron chi connectivity index (χ2n) is 8.16. The maximum atomic E-state index is 15.1. The maximum absolute atomic E-state index is 15.1. The molecule has 1 heterocycles. The van der Waals surface area contributed by atoms with Gasteiger partial charge in [0.15, 0.2) is 11.6 Å². The minimum absolute atomic E-state index is 0.229. The van der Waals surface area contributed by atoms with Crippen LogP contribution in [0.5, 0.6) is 5.75 Å². The van der Waals surface area contributed by atoms with E-state index in [0.717, 1.165) is 37.7 Å². The molecule has 1 aliphatic rings. The van der Waals surface area contributed by atoms with Crippen molar-refractivity contribution >= 4 is 0 Å². The number of ether oxygens (including phenoxy) is 1. The molecular formula is C27H27F3O. The lowest BCUT2D eigenvalue weighted by molar-refractivity contribution is -0.188. The van der Waals surface area contributed by atoms with Gasteiger partial charge < -0.3 is 4.74 Å². The summed E-state index contributed by atoms with van der Waals surface area (Å²) in [6.07, 6.45) is 1.84. The van der Waals surface area contributed by atoms with Crippen molar-refractivity contribution in [3.63, 3.8) is 0 Å². The van der Waals surface area contributed by atoms with Crippen LogP contribution in [-0.4, -0.2) is 0 Å². The summed E-state index contributed by atoms with van der Waals surface area (Å²) in [5, 5.41) is 0. The average Bonchev–Trinajstić information content (AvgIpc) is 2.78. The molecule has 0 aliphatic carbocycles. The summed E-state index contributed by atoms with van der Waals surface area (Å²) in [4.78, 5) is 0. The number of hydrogen-bond donors (Lipinski definition) is 0. The number of halogens is 3. The van der Waals surface area contributed by atoms with Gasteiger partial charge in [-0.1, -0.05) is 81.6 Å². The first kappa shape index (κ1) is 21.5. The van der Waals surface area contributed by atoms with Crippen LogP contribution < -0.4 is 4.74 Å². The van der Waals surface area contributed by atoms with E-state index in [9.17, 15) is 8.78 Å². The topological polar surface area (TPSA) is 9.23 Å². The largest absolute Gasteiger partial charge is 0.427 e. The smallest absolute Gasteiger partial charge is 0.425 e. The van der Waals surface area contributed by atoms with Crippen LogP contribution in [0.2, 0.25) is 0 Å². The molecule has 3 aromatic carbocycles. The summed E-state index contributed by atoms with van der Waals surface area (Å²) >= 11 is 0. The monoisotopic (exact) mass is 424 g/mol. The van der Waals surface area contributed by atoms with Crippen molar-refractivity contribution < 1.29 is 17.9 Å². The van der Waals surface area contributed by atoms with Gasteiger partial charge in [-0.05, 0) is 53.1 Å². The molecule has 0 unspecified atom stereocenters. The molecule has 0 saturated heterocycles. The Labute approximate surface area is 181 Å². The fourth-order valence-electron chi connectivity index (χ4n) is 4.16. The van der Waals surface area contributed by atoms with Crippen molar-refractivity contribution in [2.45, 2.75) is 58.5 Å². The predicted molar refractivity (Wildman–Crippen MR) is 119 cm³/mol. The van der Waals surface area contributed by atoms with Crippen LogP contribution in [0.25, 0.3) is 22.3 Å². The Morgan fingerprint density at radius 2 is 1.52 bits per heavy atom. The van der Waals surface area contributed by atoms with E-state index in [1.165, 1.54) is 11.6 Å². The molecule has 1 nitrogen and oxygen atoms in total. The molecule has 0 amide bonds. The van der Waals surface area contributed by atoms with Crippen LogP contribution in [0.1, 0.15) is 56.2 Å². The highest BCUT2D eigenvalue weighted by atomic mass is 19.3. The first-order chi connectivity index (χ1) is 14.9. The van der Waals surface area contributed by atoms with Gasteiger partial charge in [0.1, 0.15) is 0 Å². The van der Waals surface area contributed by atoms with Crippen molar-refractivity contribution in [2.75, 3.05) is 0 Å². The first-order valence-electron chi connectivity index (χ1n) is 11.1. The zero-order valence-corrected chi connectivity index (χ0v) is 18.0. The fraction of sp³-hybridized carbons (Fsp3) is 0.333. The van der Waals surface area contributed by atoms with Crippen molar-refractivity contribution in [3.05, 3.63) is 77.1 Å². The third-order valence-corrected chi connectivity index (χ3v) is 6.03. The van der Waals surface area contributed by atoms with E-state index in [1.54, 1.807) is 18.2 Å². The third kappa shape index (κ3) is 4.21. The molecule has 3 aromatic rings. The van der Waals surface area contributed by atoms with Crippen LogP contribution >= 0.6 is 0 Å². The fourth-order valence-corrected chi connectivity index (χ4v) is 4.16. The zero-order chi connectivity index (χ0) is 22.0. The summed E-state index contributed by atoms with van der Waals surface area (Å²) in [5.74, 6) is -1.01. The Morgan fingerprint density at radius 1 is 0.806 bits per heavy atom. The number of unbranched alkanes of at least 4 members (excludes halogenated alkanes) is 3. The molecule has 0 fully saturated rings. The molecule has 0 bridgehead atoms. The number of rotatable bonds is 7. The molecule has 0 saturated carbocycles. The highest BCUT2D eigenvalue weighted by Gasteiger charge is 2.43. The van der Waals surface area contributed by atoms with Crippen LogP contribution in [-0.2, 0) is 19.0 Å². The number of alkyl halides is 2. The van der Waals surface area contributed by atoms with Crippen LogP contribution in [0, 0.1) is 5.82 Å². The molecule has 162 valence electrons. The van der Waals surface area contributed by atoms with E-state index < -0.39 is 11.9 Å². The SMILES string of the molecule is CCCCCCc1ccc2c(c1F)OC(F)(F)c1cc(-c3ccc(CC)cc3)ccc1-2. The minimum atomic E-state index is -3.59. The van der Waals surface area contributed by atoms with Crippen molar-refractivity contribution in [2.24, 2.45) is 0 Å². The van der Waals surface area contributed by atoms with Gasteiger partial charge in [0, 0.05) is 5.56 Å². The molecule has 0 N–H and O–H groups in total. The van der Waals surface area contributed by atoms with Crippen LogP contribution in [0.3, 0.4) is 0 Å². The molecule has 4 heteroatoms. The van der Waals surface area contributed by atoms with Gasteiger partial charge in [-0.25, -0.2) is 4.39 Å². The van der Waals surface area contributed by atoms with Crippen molar-refractivity contribution in [1.82, 2.24) is 0 Å². The molecule has 0 radical (unpaired) electrons. The number of aryl methyl sites for hydroxylation is 2. The lowest BCUT2D eigenvalue weighted by Crippen LogP contribution is -2.27. The van der Waals surface area contributed by atoms with Gasteiger partial charge in [-0.3, -0.25) is 0 Å². The molecule has 0 aromatic heterocycles. The summed E-state index contributed by atoms with van der Waals surface area (Å²) in [6.45, 7) is 4.18. The summed E-state index contributed by atoms with van der Waals surface area (Å²) in [5.41, 5.74) is 3.62. The first-order valence-corrected chi connectivity index (χ1v) is 11.1. The Morgan fingerprint density at radius 3 is 2.23 bits per heavy atom. The standard InChI is InChI=1S/C27H27F3O/c1-3-5-6-7-8-20-13-16-23-22-15-14-21(19-11-9-18(4-2)10-12-19)17-24(22)27(29,30)31-26(23)25(20)28/h9-17H,3-8H2,1-2H3. The van der Waals surface area contributed by atoms with Crippen LogP contribution in [0.15, 0.2) is 54.6 Å². The Kier molecular flexibility index (Phi) is 6.08. The predicted octanol–water partition coefficient (Wildman–Crippen LogP) is 8.29. The molecule has 4 rings (SSSR count). The van der Waals surface area contributed by atoms with Gasteiger partial charge in [0.2, 0.25) is 0 Å². The van der Waals surface area contributed by atoms with Gasteiger partial charge in [0.25, 0.3) is 0 Å². The molecule has 1 aliphatic heterocycles. The second-order valence-corrected chi connectivity index (χ2v) is 8.16. The molecule has 31 heavy (non-hydrogen) atoms. The summed E-state index contributed by atoms with van der Waals surface area (Å²) in [6, 6.07) is 16.2. The van der Waals surface area contributed by atoms with Gasteiger partial charge in [-0.15, -0.1) is 0 Å². The number of fused-ring (bicyclic) bond motifs is 3. The summed E-state index contributed by atoms with van der Waals surface area (Å²) in [7, 11) is 0. The normalized spacial score (nSPS) is 14.0. The summed E-state index contributed by atoms with van der Waals surface area (Å²) < 4.78 is 50.0.